The fourth-order valence-corrected chi connectivity index (χ4v) is 1.87. The van der Waals surface area contributed by atoms with Crippen LogP contribution in [-0.4, -0.2) is 48.7 Å². The molecule has 0 aliphatic heterocycles. The maximum atomic E-state index is 11.8. The summed E-state index contributed by atoms with van der Waals surface area (Å²) in [5, 5.41) is 2.61. The quantitative estimate of drug-likeness (QED) is 0.357. The normalized spacial score (nSPS) is 25.2. The molecule has 0 spiro atoms. The van der Waals surface area contributed by atoms with E-state index in [-0.39, 0.29) is 5.92 Å². The third kappa shape index (κ3) is 3.87. The molecule has 0 radical (unpaired) electrons. The molecule has 1 amide bonds. The van der Waals surface area contributed by atoms with Gasteiger partial charge in [0.05, 0.1) is 7.11 Å². The maximum absolute atomic E-state index is 11.8. The minimum atomic E-state index is -1.02. The van der Waals surface area contributed by atoms with E-state index in [0.29, 0.717) is 6.42 Å². The molecule has 1 fully saturated rings. The lowest BCUT2D eigenvalue weighted by Crippen LogP contribution is -2.47. The molecule has 1 N–H and O–H groups in total. The predicted molar refractivity (Wildman–Crippen MR) is 69.8 cm³/mol. The van der Waals surface area contributed by atoms with Crippen LogP contribution in [0.15, 0.2) is 0 Å². The van der Waals surface area contributed by atoms with Gasteiger partial charge in [0, 0.05) is 12.5 Å². The van der Waals surface area contributed by atoms with Gasteiger partial charge in [0.15, 0.2) is 0 Å². The first-order valence-corrected chi connectivity index (χ1v) is 6.08. The molecule has 0 bridgehead atoms. The predicted octanol–water partition coefficient (Wildman–Crippen LogP) is 0.947. The van der Waals surface area contributed by atoms with Crippen LogP contribution in [0.1, 0.15) is 27.2 Å². The van der Waals surface area contributed by atoms with Crippen molar-refractivity contribution in [3.05, 3.63) is 6.54 Å². The average Bonchev–Trinajstić information content (AvgIpc) is 2.86. The van der Waals surface area contributed by atoms with E-state index in [0.717, 1.165) is 0 Å². The molecule has 108 valence electrons. The molecule has 1 saturated carbocycles. The fraction of sp³-hybridized carbons (Fsp3) is 0.692. The number of rotatable bonds is 4. The van der Waals surface area contributed by atoms with Crippen molar-refractivity contribution in [3.8, 4) is 0 Å². The first-order valence-electron chi connectivity index (χ1n) is 6.08. The van der Waals surface area contributed by atoms with Gasteiger partial charge in [-0.25, -0.2) is 9.59 Å². The highest BCUT2D eigenvalue weighted by Gasteiger charge is 2.62. The summed E-state index contributed by atoms with van der Waals surface area (Å²) in [7, 11) is 3.05. The van der Waals surface area contributed by atoms with Gasteiger partial charge in [-0.2, -0.15) is 0 Å². The summed E-state index contributed by atoms with van der Waals surface area (Å²) in [6, 6.07) is 0. The molecule has 0 saturated heterocycles. The number of carbonyl (C=O) groups excluding carboxylic acids is 2. The summed E-state index contributed by atoms with van der Waals surface area (Å²) in [6.07, 6.45) is -0.140. The number of hydrogen-bond donors (Lipinski definition) is 1. The molecule has 2 atom stereocenters. The minimum absolute atomic E-state index is 0.130. The maximum Gasteiger partial charge on any atom is 0.408 e. The topological polar surface area (TPSA) is 67.6 Å². The van der Waals surface area contributed by atoms with E-state index in [1.54, 1.807) is 38.9 Å². The van der Waals surface area contributed by atoms with Crippen LogP contribution in [0, 0.1) is 12.5 Å². The van der Waals surface area contributed by atoms with E-state index in [2.05, 4.69) is 12.0 Å². The number of esters is 1. The van der Waals surface area contributed by atoms with Crippen molar-refractivity contribution < 1.29 is 23.6 Å². The summed E-state index contributed by atoms with van der Waals surface area (Å²) in [4.78, 5) is 23.6. The van der Waals surface area contributed by atoms with Crippen LogP contribution in [-0.2, 0) is 14.3 Å². The van der Waals surface area contributed by atoms with Crippen LogP contribution < -0.4 is 5.32 Å². The number of hydrogen-bond acceptors (Lipinski definition) is 4. The van der Waals surface area contributed by atoms with Crippen molar-refractivity contribution in [1.29, 1.82) is 0 Å². The van der Waals surface area contributed by atoms with Crippen LogP contribution in [0.25, 0.3) is 0 Å². The Kier molecular flexibility index (Phi) is 4.12. The number of alkyl carbamates (subject to hydrolysis) is 1. The molecule has 6 nitrogen and oxygen atoms in total. The van der Waals surface area contributed by atoms with Crippen LogP contribution in [0.2, 0.25) is 0 Å². The first kappa shape index (κ1) is 15.3. The molecule has 0 heterocycles. The van der Waals surface area contributed by atoms with E-state index < -0.39 is 23.2 Å². The Labute approximate surface area is 113 Å². The largest absolute Gasteiger partial charge is 0.467 e. The fourth-order valence-electron chi connectivity index (χ4n) is 1.87. The van der Waals surface area contributed by atoms with Crippen LogP contribution in [0.4, 0.5) is 4.79 Å². The van der Waals surface area contributed by atoms with E-state index in [1.165, 1.54) is 7.11 Å². The highest BCUT2D eigenvalue weighted by Crippen LogP contribution is 2.46. The van der Waals surface area contributed by atoms with Crippen molar-refractivity contribution >= 4 is 18.8 Å². The SMILES string of the molecule is C=[N+](C)[CH-][C@@H]1C[C@@]1(NC(=O)OC(C)(C)C)C(=O)OC. The molecule has 19 heavy (non-hydrogen) atoms. The second-order valence-corrected chi connectivity index (χ2v) is 5.81. The second kappa shape index (κ2) is 5.11. The molecular formula is C13H22N2O4. The molecule has 0 unspecified atom stereocenters. The molecule has 6 heteroatoms. The Morgan fingerprint density at radius 1 is 1.47 bits per heavy atom. The van der Waals surface area contributed by atoms with Crippen LogP contribution in [0.5, 0.6) is 0 Å². The second-order valence-electron chi connectivity index (χ2n) is 5.81. The summed E-state index contributed by atoms with van der Waals surface area (Å²) in [5.41, 5.74) is -1.64. The summed E-state index contributed by atoms with van der Waals surface area (Å²) >= 11 is 0. The number of carbonyl (C=O) groups is 2. The van der Waals surface area contributed by atoms with Gasteiger partial charge in [0.25, 0.3) is 0 Å². The highest BCUT2D eigenvalue weighted by molar-refractivity contribution is 5.89. The molecule has 0 aromatic heterocycles. The lowest BCUT2D eigenvalue weighted by Gasteiger charge is -2.23. The number of nitrogens with one attached hydrogen (secondary N) is 1. The summed E-state index contributed by atoms with van der Waals surface area (Å²) in [5.74, 6) is -0.601. The summed E-state index contributed by atoms with van der Waals surface area (Å²) < 4.78 is 11.5. The zero-order valence-corrected chi connectivity index (χ0v) is 12.1. The number of ether oxygens (including phenoxy) is 2. The van der Waals surface area contributed by atoms with Crippen molar-refractivity contribution in [2.45, 2.75) is 38.3 Å². The van der Waals surface area contributed by atoms with Gasteiger partial charge < -0.3 is 19.4 Å². The average molecular weight is 270 g/mol. The van der Waals surface area contributed by atoms with Gasteiger partial charge in [0.1, 0.15) is 18.2 Å². The first-order chi connectivity index (χ1) is 8.60. The van der Waals surface area contributed by atoms with Crippen molar-refractivity contribution in [3.63, 3.8) is 0 Å². The Hall–Kier alpha value is -1.72. The van der Waals surface area contributed by atoms with Gasteiger partial charge in [0.2, 0.25) is 0 Å². The Morgan fingerprint density at radius 3 is 2.47 bits per heavy atom. The monoisotopic (exact) mass is 270 g/mol. The van der Waals surface area contributed by atoms with Crippen LogP contribution in [0.3, 0.4) is 0 Å². The van der Waals surface area contributed by atoms with Crippen molar-refractivity contribution in [2.75, 3.05) is 14.2 Å². The third-order valence-electron chi connectivity index (χ3n) is 2.72. The Bertz CT molecular complexity index is 400. The van der Waals surface area contributed by atoms with E-state index in [1.807, 2.05) is 0 Å². The number of amides is 1. The van der Waals surface area contributed by atoms with E-state index in [9.17, 15) is 9.59 Å². The zero-order valence-electron chi connectivity index (χ0n) is 12.1. The smallest absolute Gasteiger partial charge is 0.408 e. The molecule has 1 rings (SSSR count). The Morgan fingerprint density at radius 2 is 2.05 bits per heavy atom. The molecule has 0 aromatic rings. The number of nitrogens with zero attached hydrogens (tertiary/aromatic N) is 1. The zero-order chi connectivity index (χ0) is 14.8. The third-order valence-corrected chi connectivity index (χ3v) is 2.72. The van der Waals surface area contributed by atoms with Crippen LogP contribution >= 0.6 is 0 Å². The Balaban J connectivity index is 2.71. The molecule has 0 aromatic carbocycles. The van der Waals surface area contributed by atoms with E-state index in [4.69, 9.17) is 9.47 Å². The summed E-state index contributed by atoms with van der Waals surface area (Å²) in [6.45, 7) is 10.7. The highest BCUT2D eigenvalue weighted by atomic mass is 16.6. The van der Waals surface area contributed by atoms with E-state index >= 15 is 0 Å². The lowest BCUT2D eigenvalue weighted by atomic mass is 10.2. The van der Waals surface area contributed by atoms with Gasteiger partial charge in [-0.1, -0.05) is 0 Å². The van der Waals surface area contributed by atoms with Gasteiger partial charge >= 0.3 is 12.1 Å². The van der Waals surface area contributed by atoms with Crippen molar-refractivity contribution in [1.82, 2.24) is 5.32 Å². The standard InChI is InChI=1S/C13H22N2O4/c1-12(2,3)19-11(17)14-13(10(16)18-6)7-9(13)8-15(4)5/h8-9H,4,7H2,1-3,5-6H3,(H,14,17)/t9-,13-/m0/s1. The van der Waals surface area contributed by atoms with Crippen molar-refractivity contribution in [2.24, 2.45) is 5.92 Å². The minimum Gasteiger partial charge on any atom is -0.467 e. The molecular weight excluding hydrogens is 248 g/mol. The lowest BCUT2D eigenvalue weighted by molar-refractivity contribution is -0.449. The van der Waals surface area contributed by atoms with Gasteiger partial charge in [-0.3, -0.25) is 0 Å². The van der Waals surface area contributed by atoms with Gasteiger partial charge in [-0.05, 0) is 33.9 Å². The molecule has 1 aliphatic rings. The van der Waals surface area contributed by atoms with Gasteiger partial charge in [-0.15, -0.1) is 0 Å². The molecule has 1 aliphatic carbocycles. The number of methoxy groups -OCH3 is 1.